The maximum Gasteiger partial charge on any atom is 0.248 e. The Morgan fingerprint density at radius 1 is 1.00 bits per heavy atom. The van der Waals surface area contributed by atoms with Crippen LogP contribution in [0.1, 0.15) is 26.3 Å². The second kappa shape index (κ2) is 9.15. The van der Waals surface area contributed by atoms with Gasteiger partial charge in [0.15, 0.2) is 0 Å². The Morgan fingerprint density at radius 2 is 1.67 bits per heavy atom. The molecule has 2 heterocycles. The number of carbonyl (C=O) groups excluding carboxylic acids is 2. The van der Waals surface area contributed by atoms with E-state index >= 15 is 0 Å². The molecule has 1 saturated carbocycles. The lowest BCUT2D eigenvalue weighted by molar-refractivity contribution is 0.1000. The summed E-state index contributed by atoms with van der Waals surface area (Å²) in [6.07, 6.45) is 0.943. The SMILES string of the molecule is CNCc1cc(N2CCN(CC3C4CN(c5ccc(C(N)=O)cc5)CC34)CC2)ccc1C=O. The minimum Gasteiger partial charge on any atom is -0.371 e. The monoisotopic (exact) mass is 447 g/mol. The van der Waals surface area contributed by atoms with Crippen LogP contribution in [-0.2, 0) is 6.54 Å². The zero-order chi connectivity index (χ0) is 22.9. The van der Waals surface area contributed by atoms with Gasteiger partial charge in [0.1, 0.15) is 6.29 Å². The van der Waals surface area contributed by atoms with E-state index in [-0.39, 0.29) is 5.91 Å². The van der Waals surface area contributed by atoms with Crippen molar-refractivity contribution in [3.63, 3.8) is 0 Å². The van der Waals surface area contributed by atoms with Crippen LogP contribution in [0.5, 0.6) is 0 Å². The molecule has 0 bridgehead atoms. The summed E-state index contributed by atoms with van der Waals surface area (Å²) in [4.78, 5) is 30.1. The maximum absolute atomic E-state index is 11.3. The lowest BCUT2D eigenvalue weighted by Crippen LogP contribution is -2.47. The summed E-state index contributed by atoms with van der Waals surface area (Å²) < 4.78 is 0. The molecule has 7 nitrogen and oxygen atoms in total. The second-order valence-corrected chi connectivity index (χ2v) is 9.63. The molecule has 2 atom stereocenters. The molecule has 3 N–H and O–H groups in total. The normalized spacial score (nSPS) is 24.6. The molecule has 2 unspecified atom stereocenters. The van der Waals surface area contributed by atoms with Crippen molar-refractivity contribution in [3.05, 3.63) is 59.2 Å². The molecule has 2 aromatic carbocycles. The Bertz CT molecular complexity index is 1000. The molecule has 174 valence electrons. The third-order valence-corrected chi connectivity index (χ3v) is 7.72. The van der Waals surface area contributed by atoms with E-state index in [4.69, 9.17) is 5.73 Å². The van der Waals surface area contributed by atoms with Gasteiger partial charge < -0.3 is 20.9 Å². The number of benzene rings is 2. The van der Waals surface area contributed by atoms with Crippen molar-refractivity contribution in [2.24, 2.45) is 23.5 Å². The first kappa shape index (κ1) is 21.9. The third kappa shape index (κ3) is 4.48. The number of amides is 1. The summed E-state index contributed by atoms with van der Waals surface area (Å²) in [5.41, 5.74) is 10.2. The standard InChI is InChI=1S/C26H33N5O2/c1-28-13-20-12-22(7-4-19(20)17-32)30-10-8-29(9-11-30)14-23-24-15-31(16-25(23)24)21-5-2-18(3-6-21)26(27)33/h2-7,12,17,23-25,28H,8-11,13-16H2,1H3,(H2,27,33). The molecule has 0 radical (unpaired) electrons. The van der Waals surface area contributed by atoms with E-state index in [1.54, 1.807) is 0 Å². The van der Waals surface area contributed by atoms with Crippen molar-refractivity contribution in [2.75, 3.05) is 62.7 Å². The van der Waals surface area contributed by atoms with Crippen LogP contribution in [0.15, 0.2) is 42.5 Å². The first-order valence-corrected chi connectivity index (χ1v) is 11.9. The van der Waals surface area contributed by atoms with Crippen LogP contribution in [-0.4, -0.2) is 70.0 Å². The number of anilines is 2. The van der Waals surface area contributed by atoms with Gasteiger partial charge in [0, 0.05) is 74.9 Å². The van der Waals surface area contributed by atoms with Crippen LogP contribution in [0.3, 0.4) is 0 Å². The number of aldehydes is 1. The van der Waals surface area contributed by atoms with Crippen LogP contribution < -0.4 is 20.9 Å². The van der Waals surface area contributed by atoms with E-state index in [0.717, 1.165) is 74.4 Å². The number of piperidine rings is 1. The average Bonchev–Trinajstić information content (AvgIpc) is 3.26. The first-order chi connectivity index (χ1) is 16.1. The molecule has 2 aromatic rings. The highest BCUT2D eigenvalue weighted by Crippen LogP contribution is 2.52. The van der Waals surface area contributed by atoms with Crippen molar-refractivity contribution >= 4 is 23.6 Å². The Kier molecular flexibility index (Phi) is 6.08. The summed E-state index contributed by atoms with van der Waals surface area (Å²) >= 11 is 0. The van der Waals surface area contributed by atoms with Gasteiger partial charge in [0.05, 0.1) is 0 Å². The van der Waals surface area contributed by atoms with Crippen molar-refractivity contribution in [3.8, 4) is 0 Å². The molecule has 3 fully saturated rings. The van der Waals surface area contributed by atoms with Gasteiger partial charge in [-0.25, -0.2) is 0 Å². The highest BCUT2D eigenvalue weighted by atomic mass is 16.1. The molecule has 0 spiro atoms. The number of rotatable bonds is 8. The zero-order valence-electron chi connectivity index (χ0n) is 19.2. The van der Waals surface area contributed by atoms with Gasteiger partial charge >= 0.3 is 0 Å². The summed E-state index contributed by atoms with van der Waals surface area (Å²) in [5, 5.41) is 3.16. The minimum absolute atomic E-state index is 0.373. The average molecular weight is 448 g/mol. The molecule has 1 aliphatic carbocycles. The minimum atomic E-state index is -0.373. The first-order valence-electron chi connectivity index (χ1n) is 11.9. The zero-order valence-corrected chi connectivity index (χ0v) is 19.2. The van der Waals surface area contributed by atoms with Gasteiger partial charge in [0.2, 0.25) is 5.91 Å². The summed E-state index contributed by atoms with van der Waals surface area (Å²) in [7, 11) is 1.91. The highest BCUT2D eigenvalue weighted by Gasteiger charge is 2.55. The lowest BCUT2D eigenvalue weighted by atomic mass is 10.1. The predicted octanol–water partition coefficient (Wildman–Crippen LogP) is 1.82. The molecule has 2 aliphatic heterocycles. The number of hydrogen-bond donors (Lipinski definition) is 2. The van der Waals surface area contributed by atoms with E-state index in [1.165, 1.54) is 17.9 Å². The topological polar surface area (TPSA) is 81.9 Å². The van der Waals surface area contributed by atoms with Crippen molar-refractivity contribution < 1.29 is 9.59 Å². The molecular formula is C26H33N5O2. The van der Waals surface area contributed by atoms with Gasteiger partial charge in [-0.3, -0.25) is 14.5 Å². The van der Waals surface area contributed by atoms with Crippen molar-refractivity contribution in [2.45, 2.75) is 6.54 Å². The number of fused-ring (bicyclic) bond motifs is 1. The van der Waals surface area contributed by atoms with E-state index in [0.29, 0.717) is 12.1 Å². The Labute approximate surface area is 195 Å². The molecule has 2 saturated heterocycles. The molecule has 0 aromatic heterocycles. The number of piperazine rings is 1. The number of primary amides is 1. The summed E-state index contributed by atoms with van der Waals surface area (Å²) in [6.45, 7) is 8.37. The Morgan fingerprint density at radius 3 is 2.27 bits per heavy atom. The summed E-state index contributed by atoms with van der Waals surface area (Å²) in [6, 6.07) is 13.9. The van der Waals surface area contributed by atoms with E-state index in [1.807, 2.05) is 37.4 Å². The number of nitrogens with two attached hydrogens (primary N) is 1. The van der Waals surface area contributed by atoms with Gasteiger partial charge in [-0.15, -0.1) is 0 Å². The van der Waals surface area contributed by atoms with Gasteiger partial charge in [-0.2, -0.15) is 0 Å². The van der Waals surface area contributed by atoms with Crippen LogP contribution in [0.4, 0.5) is 11.4 Å². The van der Waals surface area contributed by atoms with Crippen LogP contribution in [0, 0.1) is 17.8 Å². The molecule has 5 rings (SSSR count). The number of nitrogens with one attached hydrogen (secondary N) is 1. The smallest absolute Gasteiger partial charge is 0.248 e. The van der Waals surface area contributed by atoms with Crippen LogP contribution in [0.25, 0.3) is 0 Å². The maximum atomic E-state index is 11.3. The van der Waals surface area contributed by atoms with Gasteiger partial charge in [-0.1, -0.05) is 0 Å². The van der Waals surface area contributed by atoms with Crippen LogP contribution in [0.2, 0.25) is 0 Å². The van der Waals surface area contributed by atoms with Crippen molar-refractivity contribution in [1.82, 2.24) is 10.2 Å². The molecule has 3 aliphatic rings. The van der Waals surface area contributed by atoms with Crippen LogP contribution >= 0.6 is 0 Å². The van der Waals surface area contributed by atoms with E-state index in [2.05, 4.69) is 32.1 Å². The van der Waals surface area contributed by atoms with Crippen molar-refractivity contribution in [1.29, 1.82) is 0 Å². The Hall–Kier alpha value is -2.90. The highest BCUT2D eigenvalue weighted by molar-refractivity contribution is 5.93. The fourth-order valence-electron chi connectivity index (χ4n) is 5.70. The van der Waals surface area contributed by atoms with Gasteiger partial charge in [-0.05, 0) is 72.8 Å². The molecule has 33 heavy (non-hydrogen) atoms. The fraction of sp³-hybridized carbons (Fsp3) is 0.462. The lowest BCUT2D eigenvalue weighted by Gasteiger charge is -2.37. The predicted molar refractivity (Wildman–Crippen MR) is 131 cm³/mol. The fourth-order valence-corrected chi connectivity index (χ4v) is 5.70. The third-order valence-electron chi connectivity index (χ3n) is 7.72. The number of carbonyl (C=O) groups is 2. The van der Waals surface area contributed by atoms with E-state index < -0.39 is 0 Å². The molecule has 1 amide bonds. The largest absolute Gasteiger partial charge is 0.371 e. The van der Waals surface area contributed by atoms with Gasteiger partial charge in [0.25, 0.3) is 0 Å². The second-order valence-electron chi connectivity index (χ2n) is 9.63. The molecule has 7 heteroatoms. The number of nitrogens with zero attached hydrogens (tertiary/aromatic N) is 3. The Balaban J connectivity index is 1.10. The van der Waals surface area contributed by atoms with E-state index in [9.17, 15) is 9.59 Å². The molecular weight excluding hydrogens is 414 g/mol. The number of hydrogen-bond acceptors (Lipinski definition) is 6. The summed E-state index contributed by atoms with van der Waals surface area (Å²) in [5.74, 6) is 2.02. The quantitative estimate of drug-likeness (QED) is 0.601.